The van der Waals surface area contributed by atoms with Gasteiger partial charge in [-0.1, -0.05) is 50.5 Å². The minimum Gasteiger partial charge on any atom is -0.508 e. The second-order valence-electron chi connectivity index (χ2n) is 6.20. The molecule has 0 bridgehead atoms. The van der Waals surface area contributed by atoms with Gasteiger partial charge in [-0.2, -0.15) is 0 Å². The smallest absolute Gasteiger partial charge is 0.115 e. The molecule has 0 aromatic heterocycles. The van der Waals surface area contributed by atoms with Gasteiger partial charge < -0.3 is 14.9 Å². The molecule has 2 aromatic rings. The zero-order valence-electron chi connectivity index (χ0n) is 16.4. The molecule has 0 fully saturated rings. The SMILES string of the molecule is CCc1ccc(O)cc1.II.Oc1ccc(COCCCCCCCCl)cc1. The van der Waals surface area contributed by atoms with Crippen LogP contribution in [0.2, 0.25) is 0 Å². The van der Waals surface area contributed by atoms with Crippen LogP contribution in [0, 0.1) is 0 Å². The highest BCUT2D eigenvalue weighted by molar-refractivity contribution is 15.0. The van der Waals surface area contributed by atoms with E-state index in [-0.39, 0.29) is 0 Å². The van der Waals surface area contributed by atoms with E-state index in [1.165, 1.54) is 24.8 Å². The molecule has 0 heterocycles. The van der Waals surface area contributed by atoms with Gasteiger partial charge >= 0.3 is 0 Å². The van der Waals surface area contributed by atoms with Crippen LogP contribution in [-0.2, 0) is 17.8 Å². The van der Waals surface area contributed by atoms with Gasteiger partial charge in [0, 0.05) is 49.7 Å². The Morgan fingerprint density at radius 2 is 1.21 bits per heavy atom. The predicted octanol–water partition coefficient (Wildman–Crippen LogP) is 7.82. The standard InChI is InChI=1S/C14H21ClO2.C8H10O.I2/c15-10-4-2-1-3-5-11-17-12-13-6-8-14(16)9-7-13;1-2-7-3-5-8(9)6-4-7;1-2/h6-9,16H,1-5,10-12H2;3-6,9H,2H2,1H3;. The highest BCUT2D eigenvalue weighted by atomic mass is 128. The number of phenolic OH excluding ortho intramolecular Hbond substituents is 2. The van der Waals surface area contributed by atoms with Gasteiger partial charge in [0.1, 0.15) is 11.5 Å². The highest BCUT2D eigenvalue weighted by Crippen LogP contribution is 2.11. The first-order chi connectivity index (χ1) is 13.7. The first kappa shape index (κ1) is 27.8. The van der Waals surface area contributed by atoms with E-state index in [0.29, 0.717) is 18.1 Å². The molecule has 0 amide bonds. The zero-order valence-corrected chi connectivity index (χ0v) is 21.5. The van der Waals surface area contributed by atoms with Crippen LogP contribution in [0.3, 0.4) is 0 Å². The van der Waals surface area contributed by atoms with Gasteiger partial charge in [0.05, 0.1) is 6.61 Å². The molecular formula is C22H31ClI2O3. The van der Waals surface area contributed by atoms with Gasteiger partial charge in [0.25, 0.3) is 0 Å². The monoisotopic (exact) mass is 632 g/mol. The molecule has 2 N–H and O–H groups in total. The van der Waals surface area contributed by atoms with Crippen LogP contribution in [0.4, 0.5) is 0 Å². The number of halogens is 3. The number of aryl methyl sites for hydroxylation is 1. The first-order valence-electron chi connectivity index (χ1n) is 9.49. The van der Waals surface area contributed by atoms with Crippen molar-refractivity contribution in [2.45, 2.75) is 52.1 Å². The van der Waals surface area contributed by atoms with E-state index in [2.05, 4.69) is 44.2 Å². The van der Waals surface area contributed by atoms with Crippen molar-refractivity contribution >= 4 is 48.8 Å². The van der Waals surface area contributed by atoms with Crippen LogP contribution in [-0.4, -0.2) is 22.7 Å². The van der Waals surface area contributed by atoms with Gasteiger partial charge in [-0.05, 0) is 54.7 Å². The second-order valence-corrected chi connectivity index (χ2v) is 6.57. The summed E-state index contributed by atoms with van der Waals surface area (Å²) in [6.45, 7) is 3.52. The minimum atomic E-state index is 0.299. The largest absolute Gasteiger partial charge is 0.508 e. The summed E-state index contributed by atoms with van der Waals surface area (Å²) in [6.07, 6.45) is 6.94. The van der Waals surface area contributed by atoms with Crippen molar-refractivity contribution in [1.29, 1.82) is 0 Å². The molecule has 0 saturated heterocycles. The van der Waals surface area contributed by atoms with Crippen molar-refractivity contribution < 1.29 is 14.9 Å². The maximum absolute atomic E-state index is 9.12. The van der Waals surface area contributed by atoms with Crippen LogP contribution in [0.25, 0.3) is 0 Å². The lowest BCUT2D eigenvalue weighted by Gasteiger charge is -2.04. The summed E-state index contributed by atoms with van der Waals surface area (Å²) in [5, 5.41) is 18.0. The fraction of sp³-hybridized carbons (Fsp3) is 0.455. The third kappa shape index (κ3) is 15.6. The van der Waals surface area contributed by atoms with Crippen molar-refractivity contribution in [3.63, 3.8) is 0 Å². The Bertz CT molecular complexity index is 577. The molecule has 0 spiro atoms. The van der Waals surface area contributed by atoms with Gasteiger partial charge in [-0.3, -0.25) is 0 Å². The van der Waals surface area contributed by atoms with E-state index in [9.17, 15) is 0 Å². The fourth-order valence-electron chi connectivity index (χ4n) is 2.34. The van der Waals surface area contributed by atoms with Gasteiger partial charge in [-0.15, -0.1) is 11.6 Å². The molecule has 28 heavy (non-hydrogen) atoms. The summed E-state index contributed by atoms with van der Waals surface area (Å²) in [5.41, 5.74) is 2.36. The summed E-state index contributed by atoms with van der Waals surface area (Å²) in [7, 11) is 0. The van der Waals surface area contributed by atoms with E-state index in [4.69, 9.17) is 26.6 Å². The van der Waals surface area contributed by atoms with Gasteiger partial charge in [0.15, 0.2) is 0 Å². The van der Waals surface area contributed by atoms with Crippen molar-refractivity contribution in [1.82, 2.24) is 0 Å². The van der Waals surface area contributed by atoms with Gasteiger partial charge in [0.2, 0.25) is 0 Å². The quantitative estimate of drug-likeness (QED) is 0.160. The van der Waals surface area contributed by atoms with Crippen LogP contribution < -0.4 is 0 Å². The number of hydrogen-bond donors (Lipinski definition) is 2. The Balaban J connectivity index is 0.000000556. The average Bonchev–Trinajstić information content (AvgIpc) is 2.74. The molecule has 0 aliphatic carbocycles. The molecule has 2 aromatic carbocycles. The van der Waals surface area contributed by atoms with Crippen LogP contribution in [0.15, 0.2) is 48.5 Å². The molecule has 2 rings (SSSR count). The van der Waals surface area contributed by atoms with Crippen molar-refractivity contribution in [2.24, 2.45) is 0 Å². The van der Waals surface area contributed by atoms with E-state index >= 15 is 0 Å². The molecular weight excluding hydrogens is 602 g/mol. The summed E-state index contributed by atoms with van der Waals surface area (Å²) in [5.74, 6) is 1.41. The lowest BCUT2D eigenvalue weighted by molar-refractivity contribution is 0.116. The Kier molecular flexibility index (Phi) is 19.9. The van der Waals surface area contributed by atoms with Crippen LogP contribution in [0.5, 0.6) is 11.5 Å². The minimum absolute atomic E-state index is 0.299. The second kappa shape index (κ2) is 20.0. The predicted molar refractivity (Wildman–Crippen MR) is 137 cm³/mol. The maximum atomic E-state index is 9.12. The molecule has 0 aliphatic heterocycles. The summed E-state index contributed by atoms with van der Waals surface area (Å²) >= 11 is 9.84. The Hall–Kier alpha value is -0.250. The summed E-state index contributed by atoms with van der Waals surface area (Å²) in [4.78, 5) is 0. The number of aromatic hydroxyl groups is 2. The lowest BCUT2D eigenvalue weighted by Crippen LogP contribution is -1.95. The molecule has 0 saturated carbocycles. The van der Waals surface area contributed by atoms with Crippen molar-refractivity contribution in [3.05, 3.63) is 59.7 Å². The Morgan fingerprint density at radius 1 is 0.750 bits per heavy atom. The normalized spacial score (nSPS) is 9.71. The van der Waals surface area contributed by atoms with E-state index in [1.54, 1.807) is 24.3 Å². The number of unbranched alkanes of at least 4 members (excludes halogenated alkanes) is 4. The lowest BCUT2D eigenvalue weighted by atomic mass is 10.2. The Labute approximate surface area is 198 Å². The molecule has 6 heteroatoms. The first-order valence-corrected chi connectivity index (χ1v) is 16.3. The average molecular weight is 633 g/mol. The number of phenols is 2. The molecule has 0 unspecified atom stereocenters. The Morgan fingerprint density at radius 3 is 1.71 bits per heavy atom. The molecule has 3 nitrogen and oxygen atoms in total. The zero-order chi connectivity index (χ0) is 21.0. The van der Waals surface area contributed by atoms with Crippen LogP contribution in [0.1, 0.15) is 50.2 Å². The maximum Gasteiger partial charge on any atom is 0.115 e. The highest BCUT2D eigenvalue weighted by Gasteiger charge is 1.94. The third-order valence-electron chi connectivity index (χ3n) is 3.97. The number of ether oxygens (including phenoxy) is 1. The molecule has 0 aliphatic rings. The summed E-state index contributed by atoms with van der Waals surface area (Å²) in [6, 6.07) is 14.4. The van der Waals surface area contributed by atoms with E-state index < -0.39 is 0 Å². The molecule has 0 atom stereocenters. The number of rotatable bonds is 10. The third-order valence-corrected chi connectivity index (χ3v) is 4.24. The topological polar surface area (TPSA) is 49.7 Å². The van der Waals surface area contributed by atoms with E-state index in [1.807, 2.05) is 24.3 Å². The number of hydrogen-bond acceptors (Lipinski definition) is 3. The van der Waals surface area contributed by atoms with Crippen molar-refractivity contribution in [3.8, 4) is 11.5 Å². The van der Waals surface area contributed by atoms with Gasteiger partial charge in [-0.25, -0.2) is 0 Å². The fourth-order valence-corrected chi connectivity index (χ4v) is 2.53. The van der Waals surface area contributed by atoms with Crippen molar-refractivity contribution in [2.75, 3.05) is 12.5 Å². The summed E-state index contributed by atoms with van der Waals surface area (Å²) < 4.78 is 5.56. The van der Waals surface area contributed by atoms with Crippen LogP contribution >= 0.6 is 48.8 Å². The number of benzene rings is 2. The molecule has 0 radical (unpaired) electrons. The number of alkyl halides is 1. The van der Waals surface area contributed by atoms with E-state index in [0.717, 1.165) is 37.3 Å². The molecule has 158 valence electrons.